The number of nitrogens with one attached hydrogen (secondary N) is 1. The Bertz CT molecular complexity index is 534. The number of anilines is 1. The van der Waals surface area contributed by atoms with Gasteiger partial charge in [-0.2, -0.15) is 0 Å². The first-order chi connectivity index (χ1) is 8.22. The summed E-state index contributed by atoms with van der Waals surface area (Å²) in [5.74, 6) is 0.161. The molecule has 0 saturated heterocycles. The minimum atomic E-state index is -0.301. The molecular weight excluding hydrogens is 220 g/mol. The van der Waals surface area contributed by atoms with E-state index in [4.69, 9.17) is 9.63 Å². The first-order valence-corrected chi connectivity index (χ1v) is 5.13. The molecule has 1 aromatic heterocycles. The highest BCUT2D eigenvalue weighted by atomic mass is 16.5. The highest BCUT2D eigenvalue weighted by Gasteiger charge is 2.13. The summed E-state index contributed by atoms with van der Waals surface area (Å²) < 4.78 is 4.82. The van der Waals surface area contributed by atoms with Crippen LogP contribution in [0.5, 0.6) is 0 Å². The van der Waals surface area contributed by atoms with Crippen molar-refractivity contribution in [1.29, 1.82) is 0 Å². The largest absolute Gasteiger partial charge is 0.392 e. The van der Waals surface area contributed by atoms with E-state index in [2.05, 4.69) is 10.5 Å². The zero-order chi connectivity index (χ0) is 12.3. The summed E-state index contributed by atoms with van der Waals surface area (Å²) in [6, 6.07) is 7.06. The fourth-order valence-electron chi connectivity index (χ4n) is 1.49. The minimum Gasteiger partial charge on any atom is -0.392 e. The molecule has 0 fully saturated rings. The Morgan fingerprint density at radius 1 is 1.47 bits per heavy atom. The Morgan fingerprint density at radius 3 is 2.88 bits per heavy atom. The second-order valence-corrected chi connectivity index (χ2v) is 3.57. The van der Waals surface area contributed by atoms with E-state index in [9.17, 15) is 4.79 Å². The van der Waals surface area contributed by atoms with Gasteiger partial charge in [0, 0.05) is 11.3 Å². The third-order valence-corrected chi connectivity index (χ3v) is 2.43. The molecule has 1 aromatic carbocycles. The summed E-state index contributed by atoms with van der Waals surface area (Å²) in [5.41, 5.74) is 1.63. The standard InChI is InChI=1S/C12H12N2O3/c1-8-10(6-13-17-8)12(16)14-11-5-3-2-4-9(11)7-15/h2-6,15H,7H2,1H3,(H,14,16). The Labute approximate surface area is 98.1 Å². The fourth-order valence-corrected chi connectivity index (χ4v) is 1.49. The Balaban J connectivity index is 2.22. The van der Waals surface area contributed by atoms with Gasteiger partial charge in [-0.15, -0.1) is 0 Å². The molecule has 5 heteroatoms. The lowest BCUT2D eigenvalue weighted by Crippen LogP contribution is -2.13. The van der Waals surface area contributed by atoms with E-state index in [-0.39, 0.29) is 12.5 Å². The molecule has 0 aliphatic heterocycles. The fraction of sp³-hybridized carbons (Fsp3) is 0.167. The SMILES string of the molecule is Cc1oncc1C(=O)Nc1ccccc1CO. The lowest BCUT2D eigenvalue weighted by molar-refractivity contribution is 0.102. The number of aliphatic hydroxyl groups excluding tert-OH is 1. The topological polar surface area (TPSA) is 75.4 Å². The molecule has 1 amide bonds. The van der Waals surface area contributed by atoms with Crippen molar-refractivity contribution >= 4 is 11.6 Å². The molecule has 2 aromatic rings. The Morgan fingerprint density at radius 2 is 2.24 bits per heavy atom. The molecule has 2 rings (SSSR count). The smallest absolute Gasteiger partial charge is 0.260 e. The quantitative estimate of drug-likeness (QED) is 0.845. The molecule has 0 aliphatic rings. The third kappa shape index (κ3) is 2.34. The van der Waals surface area contributed by atoms with Gasteiger partial charge in [-0.1, -0.05) is 23.4 Å². The second-order valence-electron chi connectivity index (χ2n) is 3.57. The van der Waals surface area contributed by atoms with Crippen LogP contribution in [0.4, 0.5) is 5.69 Å². The van der Waals surface area contributed by atoms with Gasteiger partial charge in [0.25, 0.3) is 5.91 Å². The number of carbonyl (C=O) groups is 1. The molecule has 0 unspecified atom stereocenters. The Kier molecular flexibility index (Phi) is 3.20. The number of benzene rings is 1. The van der Waals surface area contributed by atoms with Gasteiger partial charge in [0.1, 0.15) is 11.3 Å². The molecule has 88 valence electrons. The van der Waals surface area contributed by atoms with E-state index in [0.717, 1.165) is 0 Å². The number of amides is 1. The summed E-state index contributed by atoms with van der Waals surface area (Å²) in [7, 11) is 0. The molecule has 0 bridgehead atoms. The number of nitrogens with zero attached hydrogens (tertiary/aromatic N) is 1. The molecule has 0 spiro atoms. The molecule has 0 atom stereocenters. The van der Waals surface area contributed by atoms with Crippen molar-refractivity contribution in [2.75, 3.05) is 5.32 Å². The van der Waals surface area contributed by atoms with Gasteiger partial charge in [0.2, 0.25) is 0 Å². The van der Waals surface area contributed by atoms with Gasteiger partial charge in [-0.25, -0.2) is 0 Å². The van der Waals surface area contributed by atoms with Crippen molar-refractivity contribution in [2.24, 2.45) is 0 Å². The van der Waals surface area contributed by atoms with Crippen LogP contribution < -0.4 is 5.32 Å². The highest BCUT2D eigenvalue weighted by Crippen LogP contribution is 2.16. The van der Waals surface area contributed by atoms with Crippen LogP contribution in [0.1, 0.15) is 21.7 Å². The number of para-hydroxylation sites is 1. The molecule has 17 heavy (non-hydrogen) atoms. The molecule has 0 radical (unpaired) electrons. The average Bonchev–Trinajstić information content (AvgIpc) is 2.76. The summed E-state index contributed by atoms with van der Waals surface area (Å²) >= 11 is 0. The van der Waals surface area contributed by atoms with E-state index in [1.807, 2.05) is 0 Å². The van der Waals surface area contributed by atoms with Gasteiger partial charge in [-0.3, -0.25) is 4.79 Å². The summed E-state index contributed by atoms with van der Waals surface area (Å²) in [4.78, 5) is 11.9. The maximum absolute atomic E-state index is 11.9. The van der Waals surface area contributed by atoms with Crippen LogP contribution in [0.15, 0.2) is 35.0 Å². The normalized spacial score (nSPS) is 10.2. The van der Waals surface area contributed by atoms with Crippen molar-refractivity contribution in [3.8, 4) is 0 Å². The van der Waals surface area contributed by atoms with E-state index in [1.165, 1.54) is 6.20 Å². The number of aryl methyl sites for hydroxylation is 1. The average molecular weight is 232 g/mol. The number of hydrogen-bond acceptors (Lipinski definition) is 4. The van der Waals surface area contributed by atoms with Gasteiger partial charge in [-0.05, 0) is 13.0 Å². The zero-order valence-electron chi connectivity index (χ0n) is 9.30. The van der Waals surface area contributed by atoms with Crippen LogP contribution in [0, 0.1) is 6.92 Å². The minimum absolute atomic E-state index is 0.126. The first kappa shape index (κ1) is 11.3. The highest BCUT2D eigenvalue weighted by molar-refractivity contribution is 6.05. The third-order valence-electron chi connectivity index (χ3n) is 2.43. The van der Waals surface area contributed by atoms with E-state index in [0.29, 0.717) is 22.6 Å². The van der Waals surface area contributed by atoms with Crippen LogP contribution in [0.25, 0.3) is 0 Å². The maximum Gasteiger partial charge on any atom is 0.260 e. The number of carbonyl (C=O) groups excluding carboxylic acids is 1. The Hall–Kier alpha value is -2.14. The zero-order valence-corrected chi connectivity index (χ0v) is 9.30. The van der Waals surface area contributed by atoms with Gasteiger partial charge >= 0.3 is 0 Å². The van der Waals surface area contributed by atoms with Crippen LogP contribution in [0.3, 0.4) is 0 Å². The van der Waals surface area contributed by atoms with Gasteiger partial charge in [0.15, 0.2) is 0 Å². The second kappa shape index (κ2) is 4.80. The maximum atomic E-state index is 11.9. The molecule has 1 heterocycles. The summed E-state index contributed by atoms with van der Waals surface area (Å²) in [6.07, 6.45) is 1.37. The van der Waals surface area contributed by atoms with Crippen LogP contribution in [0.2, 0.25) is 0 Å². The number of hydrogen-bond donors (Lipinski definition) is 2. The van der Waals surface area contributed by atoms with Crippen molar-refractivity contribution in [2.45, 2.75) is 13.5 Å². The molecule has 5 nitrogen and oxygen atoms in total. The predicted molar refractivity (Wildman–Crippen MR) is 61.6 cm³/mol. The lowest BCUT2D eigenvalue weighted by atomic mass is 10.1. The summed E-state index contributed by atoms with van der Waals surface area (Å²) in [5, 5.41) is 15.4. The van der Waals surface area contributed by atoms with Gasteiger partial charge < -0.3 is 14.9 Å². The molecule has 0 saturated carbocycles. The summed E-state index contributed by atoms with van der Waals surface area (Å²) in [6.45, 7) is 1.54. The molecule has 0 aliphatic carbocycles. The van der Waals surface area contributed by atoms with Crippen molar-refractivity contribution < 1.29 is 14.4 Å². The van der Waals surface area contributed by atoms with Gasteiger partial charge in [0.05, 0.1) is 12.8 Å². The van der Waals surface area contributed by atoms with Crippen LogP contribution in [-0.4, -0.2) is 16.2 Å². The molecular formula is C12H12N2O3. The van der Waals surface area contributed by atoms with Crippen LogP contribution in [-0.2, 0) is 6.61 Å². The number of rotatable bonds is 3. The number of aliphatic hydroxyl groups is 1. The lowest BCUT2D eigenvalue weighted by Gasteiger charge is -2.08. The van der Waals surface area contributed by atoms with Crippen molar-refractivity contribution in [3.63, 3.8) is 0 Å². The van der Waals surface area contributed by atoms with Crippen LogP contribution >= 0.6 is 0 Å². The van der Waals surface area contributed by atoms with Crippen molar-refractivity contribution in [1.82, 2.24) is 5.16 Å². The monoisotopic (exact) mass is 232 g/mol. The van der Waals surface area contributed by atoms with Crippen molar-refractivity contribution in [3.05, 3.63) is 47.3 Å². The molecule has 2 N–H and O–H groups in total. The van der Waals surface area contributed by atoms with E-state index in [1.54, 1.807) is 31.2 Å². The van der Waals surface area contributed by atoms with E-state index >= 15 is 0 Å². The first-order valence-electron chi connectivity index (χ1n) is 5.13. The predicted octanol–water partition coefficient (Wildman–Crippen LogP) is 1.73. The number of aromatic nitrogens is 1. The van der Waals surface area contributed by atoms with E-state index < -0.39 is 0 Å².